The van der Waals surface area contributed by atoms with Crippen LogP contribution in [-0.4, -0.2) is 33.4 Å². The first kappa shape index (κ1) is 26.5. The number of benzene rings is 4. The first-order valence-electron chi connectivity index (χ1n) is 11.5. The summed E-state index contributed by atoms with van der Waals surface area (Å²) in [6, 6.07) is 24.5. The fourth-order valence-electron chi connectivity index (χ4n) is 3.94. The number of hydrogen-bond acceptors (Lipinski definition) is 7. The van der Waals surface area contributed by atoms with E-state index in [1.807, 2.05) is 30.3 Å². The molecule has 1 N–H and O–H groups in total. The molecule has 0 aromatic heterocycles. The number of nitrogens with one attached hydrogen (secondary N) is 1. The fraction of sp³-hybridized carbons (Fsp3) is 0.0357. The first-order chi connectivity index (χ1) is 18.8. The Bertz CT molecular complexity index is 1670. The van der Waals surface area contributed by atoms with E-state index in [1.54, 1.807) is 48.5 Å². The quantitative estimate of drug-likeness (QED) is 0.141. The Morgan fingerprint density at radius 3 is 2.54 bits per heavy atom. The standard InChI is InChI=1S/C28H18ClN3O5S2/c29-19-9-11-20(12-10-19)38-24-13-8-17(14-23(24)32(36)37)15-25-27(34)31(28(35)39-25)16-26(33)30-22-7-3-5-18-4-1-2-6-21(18)22/h1-15H,16H2,(H,30,33). The molecule has 1 fully saturated rings. The minimum Gasteiger partial charge on any atom is -0.324 e. The highest BCUT2D eigenvalue weighted by atomic mass is 35.5. The number of nitrogens with zero attached hydrogens (tertiary/aromatic N) is 2. The molecule has 0 spiro atoms. The number of halogens is 1. The van der Waals surface area contributed by atoms with Crippen molar-refractivity contribution >= 4 is 80.4 Å². The lowest BCUT2D eigenvalue weighted by Crippen LogP contribution is -2.36. The predicted molar refractivity (Wildman–Crippen MR) is 154 cm³/mol. The van der Waals surface area contributed by atoms with Crippen molar-refractivity contribution in [2.24, 2.45) is 0 Å². The summed E-state index contributed by atoms with van der Waals surface area (Å²) in [7, 11) is 0. The minimum absolute atomic E-state index is 0.0744. The van der Waals surface area contributed by atoms with Gasteiger partial charge in [0, 0.05) is 27.1 Å². The van der Waals surface area contributed by atoms with E-state index < -0.39 is 28.5 Å². The van der Waals surface area contributed by atoms with Gasteiger partial charge in [-0.3, -0.25) is 29.4 Å². The van der Waals surface area contributed by atoms with Crippen molar-refractivity contribution in [1.29, 1.82) is 0 Å². The topological polar surface area (TPSA) is 110 Å². The van der Waals surface area contributed by atoms with Crippen molar-refractivity contribution in [2.75, 3.05) is 11.9 Å². The molecule has 1 aliphatic heterocycles. The molecule has 1 saturated heterocycles. The van der Waals surface area contributed by atoms with Crippen LogP contribution in [0.15, 0.2) is 99.6 Å². The molecule has 0 aliphatic carbocycles. The lowest BCUT2D eigenvalue weighted by molar-refractivity contribution is -0.387. The maximum absolute atomic E-state index is 13.0. The molecule has 0 unspecified atom stereocenters. The first-order valence-corrected chi connectivity index (χ1v) is 13.5. The number of amides is 3. The monoisotopic (exact) mass is 575 g/mol. The highest BCUT2D eigenvalue weighted by molar-refractivity contribution is 8.18. The van der Waals surface area contributed by atoms with Gasteiger partial charge in [0.2, 0.25) is 5.91 Å². The molecule has 0 saturated carbocycles. The number of carbonyl (C=O) groups excluding carboxylic acids is 3. The van der Waals surface area contributed by atoms with Crippen LogP contribution >= 0.6 is 35.1 Å². The van der Waals surface area contributed by atoms with Crippen LogP contribution in [0.3, 0.4) is 0 Å². The summed E-state index contributed by atoms with van der Waals surface area (Å²) in [5, 5.41) is 16.3. The SMILES string of the molecule is O=C(CN1C(=O)SC(=Cc2ccc(Sc3ccc(Cl)cc3)c([N+](=O)[O-])c2)C1=O)Nc1cccc2ccccc12. The molecule has 1 aliphatic rings. The predicted octanol–water partition coefficient (Wildman–Crippen LogP) is 7.23. The van der Waals surface area contributed by atoms with Gasteiger partial charge in [-0.25, -0.2) is 0 Å². The number of carbonyl (C=O) groups is 3. The van der Waals surface area contributed by atoms with Gasteiger partial charge >= 0.3 is 0 Å². The molecule has 4 aromatic rings. The number of anilines is 1. The number of nitro benzene ring substituents is 1. The smallest absolute Gasteiger partial charge is 0.294 e. The Kier molecular flexibility index (Phi) is 7.69. The zero-order valence-electron chi connectivity index (χ0n) is 20.0. The van der Waals surface area contributed by atoms with Gasteiger partial charge in [0.1, 0.15) is 6.54 Å². The lowest BCUT2D eigenvalue weighted by Gasteiger charge is -2.13. The normalized spacial score (nSPS) is 14.3. The van der Waals surface area contributed by atoms with Crippen molar-refractivity contribution in [1.82, 2.24) is 4.90 Å². The highest BCUT2D eigenvalue weighted by Gasteiger charge is 2.36. The number of hydrogen-bond donors (Lipinski definition) is 1. The molecule has 0 atom stereocenters. The Morgan fingerprint density at radius 2 is 1.77 bits per heavy atom. The van der Waals surface area contributed by atoms with Crippen LogP contribution < -0.4 is 5.32 Å². The summed E-state index contributed by atoms with van der Waals surface area (Å²) in [6.07, 6.45) is 1.41. The third-order valence-corrected chi connectivity index (χ3v) is 7.99. The molecule has 5 rings (SSSR count). The molecule has 11 heteroatoms. The number of imide groups is 1. The third kappa shape index (κ3) is 5.98. The maximum atomic E-state index is 13.0. The molecule has 8 nitrogen and oxygen atoms in total. The second kappa shape index (κ2) is 11.3. The highest BCUT2D eigenvalue weighted by Crippen LogP contribution is 2.38. The number of nitro groups is 1. The summed E-state index contributed by atoms with van der Waals surface area (Å²) in [6.45, 7) is -0.456. The number of thioether (sulfide) groups is 1. The van der Waals surface area contributed by atoms with E-state index in [4.69, 9.17) is 11.6 Å². The van der Waals surface area contributed by atoms with Gasteiger partial charge < -0.3 is 5.32 Å². The number of fused-ring (bicyclic) bond motifs is 1. The second-order valence-corrected chi connectivity index (χ2v) is 10.9. The summed E-state index contributed by atoms with van der Waals surface area (Å²) < 4.78 is 0. The van der Waals surface area contributed by atoms with Gasteiger partial charge in [0.25, 0.3) is 16.8 Å². The largest absolute Gasteiger partial charge is 0.324 e. The molecule has 0 bridgehead atoms. The average Bonchev–Trinajstić information content (AvgIpc) is 3.18. The van der Waals surface area contributed by atoms with Crippen LogP contribution in [0.2, 0.25) is 5.02 Å². The van der Waals surface area contributed by atoms with E-state index in [-0.39, 0.29) is 10.6 Å². The van der Waals surface area contributed by atoms with Crippen molar-refractivity contribution in [3.63, 3.8) is 0 Å². The molecule has 4 aromatic carbocycles. The molecule has 194 valence electrons. The second-order valence-electron chi connectivity index (χ2n) is 8.38. The van der Waals surface area contributed by atoms with Gasteiger partial charge in [-0.1, -0.05) is 65.8 Å². The van der Waals surface area contributed by atoms with Crippen LogP contribution in [0.4, 0.5) is 16.2 Å². The van der Waals surface area contributed by atoms with E-state index in [0.29, 0.717) is 32.9 Å². The lowest BCUT2D eigenvalue weighted by atomic mass is 10.1. The van der Waals surface area contributed by atoms with Gasteiger partial charge in [-0.15, -0.1) is 0 Å². The van der Waals surface area contributed by atoms with Gasteiger partial charge in [0.05, 0.1) is 14.7 Å². The van der Waals surface area contributed by atoms with E-state index >= 15 is 0 Å². The van der Waals surface area contributed by atoms with E-state index in [1.165, 1.54) is 23.9 Å². The van der Waals surface area contributed by atoms with Crippen molar-refractivity contribution in [3.05, 3.63) is 111 Å². The molecular formula is C28H18ClN3O5S2. The summed E-state index contributed by atoms with van der Waals surface area (Å²) in [5.74, 6) is -1.16. The summed E-state index contributed by atoms with van der Waals surface area (Å²) in [5.41, 5.74) is 0.815. The van der Waals surface area contributed by atoms with Crippen LogP contribution in [0.5, 0.6) is 0 Å². The van der Waals surface area contributed by atoms with Gasteiger partial charge in [-0.05, 0) is 65.2 Å². The minimum atomic E-state index is -0.639. The van der Waals surface area contributed by atoms with Crippen molar-refractivity contribution in [2.45, 2.75) is 9.79 Å². The van der Waals surface area contributed by atoms with Crippen molar-refractivity contribution in [3.8, 4) is 0 Å². The Hall–Kier alpha value is -4.12. The van der Waals surface area contributed by atoms with E-state index in [2.05, 4.69) is 5.32 Å². The van der Waals surface area contributed by atoms with Crippen molar-refractivity contribution < 1.29 is 19.3 Å². The third-order valence-electron chi connectivity index (χ3n) is 5.76. The van der Waals surface area contributed by atoms with Crippen LogP contribution in [0.1, 0.15) is 5.56 Å². The molecule has 3 amide bonds. The van der Waals surface area contributed by atoms with Gasteiger partial charge in [0.15, 0.2) is 0 Å². The molecular weight excluding hydrogens is 558 g/mol. The zero-order chi connectivity index (χ0) is 27.5. The van der Waals surface area contributed by atoms with Crippen LogP contribution in [-0.2, 0) is 9.59 Å². The number of rotatable bonds is 7. The van der Waals surface area contributed by atoms with Gasteiger partial charge in [-0.2, -0.15) is 0 Å². The van der Waals surface area contributed by atoms with Crippen LogP contribution in [0.25, 0.3) is 16.8 Å². The summed E-state index contributed by atoms with van der Waals surface area (Å²) in [4.78, 5) is 51.6. The Balaban J connectivity index is 1.31. The van der Waals surface area contributed by atoms with E-state index in [9.17, 15) is 24.5 Å². The average molecular weight is 576 g/mol. The molecule has 39 heavy (non-hydrogen) atoms. The zero-order valence-corrected chi connectivity index (χ0v) is 22.4. The Labute approximate surface area is 236 Å². The molecule has 1 heterocycles. The summed E-state index contributed by atoms with van der Waals surface area (Å²) >= 11 is 7.81. The fourth-order valence-corrected chi connectivity index (χ4v) is 5.80. The molecule has 0 radical (unpaired) electrons. The van der Waals surface area contributed by atoms with Crippen LogP contribution in [0, 0.1) is 10.1 Å². The van der Waals surface area contributed by atoms with E-state index in [0.717, 1.165) is 20.6 Å². The maximum Gasteiger partial charge on any atom is 0.294 e. The Morgan fingerprint density at radius 1 is 1.03 bits per heavy atom.